The lowest BCUT2D eigenvalue weighted by molar-refractivity contribution is -0.197. The van der Waals surface area contributed by atoms with Crippen LogP contribution in [0.25, 0.3) is 0 Å². The highest BCUT2D eigenvalue weighted by Gasteiger charge is 2.46. The van der Waals surface area contributed by atoms with Crippen LogP contribution in [0.4, 0.5) is 13.2 Å². The van der Waals surface area contributed by atoms with Crippen LogP contribution in [0.3, 0.4) is 0 Å². The molecule has 170 valence electrons. The highest BCUT2D eigenvalue weighted by molar-refractivity contribution is 7.85. The number of hydrogen-bond acceptors (Lipinski definition) is 6. The van der Waals surface area contributed by atoms with Gasteiger partial charge in [-0.3, -0.25) is 9.35 Å². The minimum absolute atomic E-state index is 0.0584. The van der Waals surface area contributed by atoms with Crippen molar-refractivity contribution in [2.75, 3.05) is 5.75 Å². The Morgan fingerprint density at radius 1 is 1.23 bits per heavy atom. The molecule has 0 aliphatic heterocycles. The van der Waals surface area contributed by atoms with Crippen molar-refractivity contribution in [3.8, 4) is 5.75 Å². The van der Waals surface area contributed by atoms with Crippen molar-refractivity contribution in [1.29, 1.82) is 0 Å². The molecule has 0 spiro atoms. The zero-order chi connectivity index (χ0) is 23.0. The SMILES string of the molecule is BCc1ccc(C(=O)OC(CS(=O)(=O)O)C(F)(F)F)cc1OC(=O)C1CC2CCC1C2. The van der Waals surface area contributed by atoms with Gasteiger partial charge in [-0.05, 0) is 48.8 Å². The predicted octanol–water partition coefficient (Wildman–Crippen LogP) is 2.14. The van der Waals surface area contributed by atoms with Crippen molar-refractivity contribution >= 4 is 29.9 Å². The maximum absolute atomic E-state index is 13.0. The molecule has 1 N–H and O–H groups in total. The van der Waals surface area contributed by atoms with E-state index in [1.165, 1.54) is 12.1 Å². The molecule has 1 aromatic carbocycles. The van der Waals surface area contributed by atoms with Gasteiger partial charge >= 0.3 is 18.1 Å². The van der Waals surface area contributed by atoms with E-state index in [2.05, 4.69) is 4.74 Å². The van der Waals surface area contributed by atoms with Crippen LogP contribution in [0.1, 0.15) is 41.6 Å². The van der Waals surface area contributed by atoms with Crippen molar-refractivity contribution in [2.24, 2.45) is 17.8 Å². The number of ether oxygens (including phenoxy) is 2. The Labute approximate surface area is 178 Å². The molecule has 0 saturated heterocycles. The van der Waals surface area contributed by atoms with Crippen molar-refractivity contribution in [2.45, 2.75) is 44.3 Å². The lowest BCUT2D eigenvalue weighted by Gasteiger charge is -2.21. The van der Waals surface area contributed by atoms with Crippen LogP contribution >= 0.6 is 0 Å². The lowest BCUT2D eigenvalue weighted by atomic mass is 9.89. The molecule has 4 unspecified atom stereocenters. The Hall–Kier alpha value is -2.08. The maximum Gasteiger partial charge on any atom is 0.426 e. The summed E-state index contributed by atoms with van der Waals surface area (Å²) in [4.78, 5) is 24.9. The van der Waals surface area contributed by atoms with Crippen molar-refractivity contribution < 1.29 is 45.2 Å². The molecule has 1 aromatic rings. The van der Waals surface area contributed by atoms with E-state index in [4.69, 9.17) is 9.29 Å². The van der Waals surface area contributed by atoms with Gasteiger partial charge in [-0.2, -0.15) is 21.6 Å². The fourth-order valence-electron chi connectivity index (χ4n) is 4.37. The normalized spacial score (nSPS) is 24.1. The summed E-state index contributed by atoms with van der Waals surface area (Å²) in [5.41, 5.74) is 0.246. The monoisotopic (exact) mass is 462 g/mol. The summed E-state index contributed by atoms with van der Waals surface area (Å²) in [7, 11) is -3.26. The number of benzene rings is 1. The first-order valence-electron chi connectivity index (χ1n) is 9.94. The van der Waals surface area contributed by atoms with E-state index in [9.17, 15) is 31.2 Å². The van der Waals surface area contributed by atoms with E-state index < -0.39 is 40.1 Å². The van der Waals surface area contributed by atoms with Gasteiger partial charge in [0.1, 0.15) is 19.3 Å². The number of carbonyl (C=O) groups excluding carboxylic acids is 2. The van der Waals surface area contributed by atoms with Crippen LogP contribution in [-0.4, -0.2) is 50.8 Å². The van der Waals surface area contributed by atoms with Gasteiger partial charge in [-0.25, -0.2) is 4.79 Å². The molecule has 31 heavy (non-hydrogen) atoms. The molecule has 2 saturated carbocycles. The number of rotatable bonds is 7. The molecule has 2 aliphatic carbocycles. The number of esters is 2. The van der Waals surface area contributed by atoms with Crippen LogP contribution in [0.15, 0.2) is 18.2 Å². The van der Waals surface area contributed by atoms with Gasteiger partial charge in [0.25, 0.3) is 10.1 Å². The quantitative estimate of drug-likeness (QED) is 0.286. The van der Waals surface area contributed by atoms with E-state index in [1.54, 1.807) is 7.85 Å². The second-order valence-electron chi connectivity index (χ2n) is 8.06. The molecular formula is C19H22BF3O7S. The zero-order valence-electron chi connectivity index (χ0n) is 16.7. The molecule has 2 bridgehead atoms. The van der Waals surface area contributed by atoms with Crippen molar-refractivity contribution in [3.63, 3.8) is 0 Å². The van der Waals surface area contributed by atoms with Crippen LogP contribution in [0.2, 0.25) is 0 Å². The third kappa shape index (κ3) is 5.79. The molecule has 4 atom stereocenters. The minimum atomic E-state index is -5.20. The first kappa shape index (κ1) is 23.6. The molecule has 0 radical (unpaired) electrons. The average Bonchev–Trinajstić information content (AvgIpc) is 3.29. The van der Waals surface area contributed by atoms with Crippen molar-refractivity contribution in [3.05, 3.63) is 29.3 Å². The minimum Gasteiger partial charge on any atom is -0.448 e. The largest absolute Gasteiger partial charge is 0.448 e. The second-order valence-corrected chi connectivity index (χ2v) is 9.56. The van der Waals surface area contributed by atoms with Gasteiger partial charge < -0.3 is 9.47 Å². The van der Waals surface area contributed by atoms with Crippen molar-refractivity contribution in [1.82, 2.24) is 0 Å². The van der Waals surface area contributed by atoms with Gasteiger partial charge in [0.2, 0.25) is 6.10 Å². The number of alkyl halides is 3. The summed E-state index contributed by atoms with van der Waals surface area (Å²) in [6, 6.07) is 3.76. The summed E-state index contributed by atoms with van der Waals surface area (Å²) in [5, 5.41) is 0. The Bertz CT molecular complexity index is 964. The third-order valence-corrected chi connectivity index (χ3v) is 6.64. The zero-order valence-corrected chi connectivity index (χ0v) is 17.5. The third-order valence-electron chi connectivity index (χ3n) is 5.91. The Kier molecular flexibility index (Phi) is 6.71. The average molecular weight is 462 g/mol. The standard InChI is InChI=1S/C19H22BF3O7S/c20-8-13-4-3-12(17(24)30-16(19(21,22)23)9-31(26,27)28)7-15(13)29-18(25)14-6-10-1-2-11(14)5-10/h3-4,7,10-11,14,16H,1-2,5-6,8-9,20H2,(H,26,27,28). The molecule has 3 rings (SSSR count). The lowest BCUT2D eigenvalue weighted by Crippen LogP contribution is -2.39. The summed E-state index contributed by atoms with van der Waals surface area (Å²) < 4.78 is 79.3. The Balaban J connectivity index is 1.77. The molecular weight excluding hydrogens is 440 g/mol. The molecule has 0 heterocycles. The smallest absolute Gasteiger partial charge is 0.426 e. The van der Waals surface area contributed by atoms with Gasteiger partial charge in [0, 0.05) is 0 Å². The molecule has 2 aliphatic rings. The highest BCUT2D eigenvalue weighted by atomic mass is 32.2. The van der Waals surface area contributed by atoms with E-state index in [0.717, 1.165) is 31.7 Å². The van der Waals surface area contributed by atoms with Gasteiger partial charge in [-0.15, -0.1) is 0 Å². The number of hydrogen-bond donors (Lipinski definition) is 1. The first-order chi connectivity index (χ1) is 14.4. The second kappa shape index (κ2) is 8.81. The highest BCUT2D eigenvalue weighted by Crippen LogP contribution is 2.48. The van der Waals surface area contributed by atoms with Crippen LogP contribution in [-0.2, 0) is 26.0 Å². The predicted molar refractivity (Wildman–Crippen MR) is 105 cm³/mol. The molecule has 12 heteroatoms. The topological polar surface area (TPSA) is 107 Å². The molecule has 7 nitrogen and oxygen atoms in total. The van der Waals surface area contributed by atoms with Gasteiger partial charge in [0.05, 0.1) is 11.5 Å². The number of fused-ring (bicyclic) bond motifs is 2. The fraction of sp³-hybridized carbons (Fsp3) is 0.579. The summed E-state index contributed by atoms with van der Waals surface area (Å²) in [5.74, 6) is -3.09. The number of carbonyl (C=O) groups is 2. The van der Waals surface area contributed by atoms with Crippen LogP contribution in [0.5, 0.6) is 5.75 Å². The summed E-state index contributed by atoms with van der Waals surface area (Å²) >= 11 is 0. The van der Waals surface area contributed by atoms with Gasteiger partial charge in [-0.1, -0.05) is 18.8 Å². The summed E-state index contributed by atoms with van der Waals surface area (Å²) in [6.45, 7) is 0. The molecule has 0 aromatic heterocycles. The molecule has 0 amide bonds. The Morgan fingerprint density at radius 2 is 1.94 bits per heavy atom. The van der Waals surface area contributed by atoms with E-state index >= 15 is 0 Å². The van der Waals surface area contributed by atoms with E-state index in [-0.39, 0.29) is 23.1 Å². The molecule has 2 fully saturated rings. The number of halogens is 3. The first-order valence-corrected chi connectivity index (χ1v) is 11.6. The summed E-state index contributed by atoms with van der Waals surface area (Å²) in [6.07, 6.45) is -4.01. The fourth-order valence-corrected chi connectivity index (χ4v) is 5.01. The van der Waals surface area contributed by atoms with E-state index in [1.807, 2.05) is 0 Å². The van der Waals surface area contributed by atoms with Crippen LogP contribution < -0.4 is 4.74 Å². The van der Waals surface area contributed by atoms with E-state index in [0.29, 0.717) is 17.8 Å². The Morgan fingerprint density at radius 3 is 2.45 bits per heavy atom. The van der Waals surface area contributed by atoms with Gasteiger partial charge in [0.15, 0.2) is 0 Å². The maximum atomic E-state index is 13.0. The van der Waals surface area contributed by atoms with Crippen LogP contribution in [0, 0.1) is 17.8 Å².